The van der Waals surface area contributed by atoms with Crippen molar-refractivity contribution in [3.8, 4) is 5.75 Å². The third kappa shape index (κ3) is 2.03. The summed E-state index contributed by atoms with van der Waals surface area (Å²) in [5, 5.41) is 9.16. The number of benzene rings is 1. The second kappa shape index (κ2) is 4.59. The zero-order valence-electron chi connectivity index (χ0n) is 9.76. The van der Waals surface area contributed by atoms with Crippen molar-refractivity contribution in [1.82, 2.24) is 0 Å². The summed E-state index contributed by atoms with van der Waals surface area (Å²) in [5.74, 6) is 0.652. The van der Waals surface area contributed by atoms with Crippen LogP contribution in [-0.4, -0.2) is 25.0 Å². The van der Waals surface area contributed by atoms with Crippen LogP contribution in [0, 0.1) is 0 Å². The lowest BCUT2D eigenvalue weighted by molar-refractivity contribution is 0.260. The first-order valence-electron chi connectivity index (χ1n) is 5.50. The van der Waals surface area contributed by atoms with Crippen molar-refractivity contribution in [3.63, 3.8) is 0 Å². The van der Waals surface area contributed by atoms with Crippen LogP contribution in [0.2, 0.25) is 0 Å². The standard InChI is InChI=1S/C13H16N2O2/c1-17-12-4-3-10(9-11(12)14)13(6-8-16)5-2-7-15-13/h2-5,7,9,16H,6,8,14H2,1H3. The zero-order valence-corrected chi connectivity index (χ0v) is 9.76. The zero-order chi connectivity index (χ0) is 12.3. The van der Waals surface area contributed by atoms with Crippen LogP contribution in [0.15, 0.2) is 35.3 Å². The third-order valence-electron chi connectivity index (χ3n) is 2.99. The summed E-state index contributed by atoms with van der Waals surface area (Å²) < 4.78 is 5.12. The number of nitrogen functional groups attached to an aromatic ring is 1. The quantitative estimate of drug-likeness (QED) is 0.773. The fourth-order valence-electron chi connectivity index (χ4n) is 2.06. The molecule has 1 aliphatic rings. The van der Waals surface area contributed by atoms with Gasteiger partial charge in [-0.15, -0.1) is 0 Å². The van der Waals surface area contributed by atoms with Gasteiger partial charge in [0.05, 0.1) is 12.8 Å². The Bertz CT molecular complexity index is 454. The molecule has 90 valence electrons. The number of anilines is 1. The van der Waals surface area contributed by atoms with Gasteiger partial charge in [0.1, 0.15) is 11.3 Å². The predicted octanol–water partition coefficient (Wildman–Crippen LogP) is 1.50. The Morgan fingerprint density at radius 2 is 2.29 bits per heavy atom. The molecule has 0 bridgehead atoms. The number of aliphatic hydroxyl groups is 1. The summed E-state index contributed by atoms with van der Waals surface area (Å²) in [6.07, 6.45) is 6.16. The molecule has 0 amide bonds. The smallest absolute Gasteiger partial charge is 0.141 e. The van der Waals surface area contributed by atoms with E-state index in [4.69, 9.17) is 15.6 Å². The Morgan fingerprint density at radius 1 is 1.47 bits per heavy atom. The molecule has 0 fully saturated rings. The van der Waals surface area contributed by atoms with E-state index in [9.17, 15) is 0 Å². The molecule has 0 saturated carbocycles. The van der Waals surface area contributed by atoms with Gasteiger partial charge in [-0.25, -0.2) is 0 Å². The highest BCUT2D eigenvalue weighted by molar-refractivity contribution is 5.76. The van der Waals surface area contributed by atoms with Crippen molar-refractivity contribution in [2.24, 2.45) is 4.99 Å². The van der Waals surface area contributed by atoms with Crippen molar-refractivity contribution >= 4 is 11.9 Å². The molecule has 1 unspecified atom stereocenters. The second-order valence-corrected chi connectivity index (χ2v) is 3.99. The highest BCUT2D eigenvalue weighted by atomic mass is 16.5. The van der Waals surface area contributed by atoms with Gasteiger partial charge in [-0.2, -0.15) is 0 Å². The number of rotatable bonds is 4. The molecule has 1 atom stereocenters. The van der Waals surface area contributed by atoms with Crippen molar-refractivity contribution < 1.29 is 9.84 Å². The molecule has 1 aromatic rings. The van der Waals surface area contributed by atoms with E-state index < -0.39 is 5.54 Å². The molecule has 1 aromatic carbocycles. The van der Waals surface area contributed by atoms with Gasteiger partial charge in [0.25, 0.3) is 0 Å². The lowest BCUT2D eigenvalue weighted by atomic mass is 9.88. The highest BCUT2D eigenvalue weighted by Gasteiger charge is 2.30. The molecule has 0 aliphatic carbocycles. The van der Waals surface area contributed by atoms with Crippen LogP contribution in [0.4, 0.5) is 5.69 Å². The molecule has 1 aliphatic heterocycles. The maximum absolute atomic E-state index is 9.16. The van der Waals surface area contributed by atoms with Crippen molar-refractivity contribution in [2.75, 3.05) is 19.5 Å². The summed E-state index contributed by atoms with van der Waals surface area (Å²) in [7, 11) is 1.59. The normalized spacial score (nSPS) is 22.0. The van der Waals surface area contributed by atoms with Crippen LogP contribution < -0.4 is 10.5 Å². The molecular weight excluding hydrogens is 216 g/mol. The molecular formula is C13H16N2O2. The average Bonchev–Trinajstić information content (AvgIpc) is 2.79. The minimum Gasteiger partial charge on any atom is -0.495 e. The number of allylic oxidation sites excluding steroid dienone is 1. The Balaban J connectivity index is 2.41. The first-order chi connectivity index (χ1) is 8.22. The van der Waals surface area contributed by atoms with Gasteiger partial charge in [0.2, 0.25) is 0 Å². The van der Waals surface area contributed by atoms with Gasteiger partial charge >= 0.3 is 0 Å². The van der Waals surface area contributed by atoms with Gasteiger partial charge in [0, 0.05) is 19.2 Å². The molecule has 3 N–H and O–H groups in total. The lowest BCUT2D eigenvalue weighted by Gasteiger charge is -2.24. The van der Waals surface area contributed by atoms with Crippen LogP contribution in [0.1, 0.15) is 12.0 Å². The summed E-state index contributed by atoms with van der Waals surface area (Å²) in [4.78, 5) is 4.43. The lowest BCUT2D eigenvalue weighted by Crippen LogP contribution is -2.21. The predicted molar refractivity (Wildman–Crippen MR) is 68.4 cm³/mol. The Morgan fingerprint density at radius 3 is 2.82 bits per heavy atom. The second-order valence-electron chi connectivity index (χ2n) is 3.99. The van der Waals surface area contributed by atoms with Crippen molar-refractivity contribution in [1.29, 1.82) is 0 Å². The molecule has 0 saturated heterocycles. The number of hydrogen-bond donors (Lipinski definition) is 2. The van der Waals surface area contributed by atoms with Crippen LogP contribution in [0.25, 0.3) is 0 Å². The monoisotopic (exact) mass is 232 g/mol. The van der Waals surface area contributed by atoms with Gasteiger partial charge < -0.3 is 15.6 Å². The van der Waals surface area contributed by atoms with E-state index in [2.05, 4.69) is 4.99 Å². The molecule has 0 spiro atoms. The van der Waals surface area contributed by atoms with Gasteiger partial charge in [-0.3, -0.25) is 4.99 Å². The number of nitrogens with zero attached hydrogens (tertiary/aromatic N) is 1. The molecule has 2 rings (SSSR count). The van der Waals surface area contributed by atoms with E-state index in [1.54, 1.807) is 13.3 Å². The van der Waals surface area contributed by atoms with E-state index >= 15 is 0 Å². The van der Waals surface area contributed by atoms with Crippen LogP contribution in [0.3, 0.4) is 0 Å². The molecule has 0 aromatic heterocycles. The SMILES string of the molecule is COc1ccc(C2(CCO)C=CC=N2)cc1N. The summed E-state index contributed by atoms with van der Waals surface area (Å²) in [5.41, 5.74) is 6.96. The van der Waals surface area contributed by atoms with E-state index in [0.29, 0.717) is 17.9 Å². The maximum atomic E-state index is 9.16. The van der Waals surface area contributed by atoms with Crippen molar-refractivity contribution in [2.45, 2.75) is 12.0 Å². The van der Waals surface area contributed by atoms with Crippen molar-refractivity contribution in [3.05, 3.63) is 35.9 Å². The van der Waals surface area contributed by atoms with E-state index in [1.807, 2.05) is 30.4 Å². The summed E-state index contributed by atoms with van der Waals surface area (Å²) in [6, 6.07) is 5.60. The average molecular weight is 232 g/mol. The first-order valence-corrected chi connectivity index (χ1v) is 5.50. The maximum Gasteiger partial charge on any atom is 0.141 e. The number of hydrogen-bond acceptors (Lipinski definition) is 4. The molecule has 1 heterocycles. The van der Waals surface area contributed by atoms with Gasteiger partial charge in [0.15, 0.2) is 0 Å². The minimum absolute atomic E-state index is 0.0770. The number of aliphatic hydroxyl groups excluding tert-OH is 1. The fraction of sp³-hybridized carbons (Fsp3) is 0.308. The number of aliphatic imine (C=N–C) groups is 1. The Kier molecular flexibility index (Phi) is 3.15. The molecule has 17 heavy (non-hydrogen) atoms. The third-order valence-corrected chi connectivity index (χ3v) is 2.99. The number of nitrogens with two attached hydrogens (primary N) is 1. The largest absolute Gasteiger partial charge is 0.495 e. The molecule has 0 radical (unpaired) electrons. The van der Waals surface area contributed by atoms with Crippen LogP contribution in [-0.2, 0) is 5.54 Å². The number of methoxy groups -OCH3 is 1. The van der Waals surface area contributed by atoms with Gasteiger partial charge in [-0.1, -0.05) is 12.1 Å². The molecule has 4 nitrogen and oxygen atoms in total. The summed E-state index contributed by atoms with van der Waals surface area (Å²) in [6.45, 7) is 0.0770. The Labute approximate surface area is 100 Å². The van der Waals surface area contributed by atoms with Gasteiger partial charge in [-0.05, 0) is 23.8 Å². The minimum atomic E-state index is -0.477. The highest BCUT2D eigenvalue weighted by Crippen LogP contribution is 2.36. The van der Waals surface area contributed by atoms with E-state index in [1.165, 1.54) is 0 Å². The Hall–Kier alpha value is -1.81. The van der Waals surface area contributed by atoms with Crippen LogP contribution >= 0.6 is 0 Å². The topological polar surface area (TPSA) is 67.8 Å². The van der Waals surface area contributed by atoms with E-state index in [0.717, 1.165) is 5.56 Å². The van der Waals surface area contributed by atoms with E-state index in [-0.39, 0.29) is 6.61 Å². The van der Waals surface area contributed by atoms with Crippen LogP contribution in [0.5, 0.6) is 5.75 Å². The fourth-order valence-corrected chi connectivity index (χ4v) is 2.06. The first kappa shape index (κ1) is 11.7. The number of ether oxygens (including phenoxy) is 1. The molecule has 4 heteroatoms. The summed E-state index contributed by atoms with van der Waals surface area (Å²) >= 11 is 0.